The van der Waals surface area contributed by atoms with Crippen molar-refractivity contribution in [2.45, 2.75) is 6.92 Å². The lowest BCUT2D eigenvalue weighted by Crippen LogP contribution is -2.22. The molecule has 0 saturated carbocycles. The maximum atomic E-state index is 10.9. The maximum Gasteiger partial charge on any atom is 0.184 e. The summed E-state index contributed by atoms with van der Waals surface area (Å²) < 4.78 is 0.946. The highest BCUT2D eigenvalue weighted by molar-refractivity contribution is 9.10. The number of carbonyl (C=O) groups excluding carboxylic acids is 1. The van der Waals surface area contributed by atoms with Crippen LogP contribution in [0, 0.1) is 11.5 Å². The summed E-state index contributed by atoms with van der Waals surface area (Å²) in [4.78, 5) is 12.2. The van der Waals surface area contributed by atoms with Gasteiger partial charge in [-0.3, -0.25) is 9.69 Å². The second kappa shape index (κ2) is 4.77. The zero-order valence-corrected chi connectivity index (χ0v) is 9.28. The smallest absolute Gasteiger partial charge is 0.184 e. The van der Waals surface area contributed by atoms with Gasteiger partial charge < -0.3 is 0 Å². The lowest BCUT2D eigenvalue weighted by Gasteiger charge is -2.13. The van der Waals surface area contributed by atoms with Crippen LogP contribution >= 0.6 is 15.9 Å². The molecule has 0 radical (unpaired) electrons. The number of hydrogen-bond donors (Lipinski definition) is 0. The average Bonchev–Trinajstić information content (AvgIpc) is 2.15. The molecule has 1 aromatic carbocycles. The Morgan fingerprint density at radius 1 is 1.50 bits per heavy atom. The van der Waals surface area contributed by atoms with E-state index in [-0.39, 0.29) is 12.3 Å². The first-order valence-corrected chi connectivity index (χ1v) is 4.85. The molecule has 0 saturated heterocycles. The van der Waals surface area contributed by atoms with Gasteiger partial charge in [-0.2, -0.15) is 5.26 Å². The monoisotopic (exact) mass is 252 g/mol. The lowest BCUT2D eigenvalue weighted by atomic mass is 10.3. The van der Waals surface area contributed by atoms with E-state index < -0.39 is 0 Å². The number of anilines is 1. The van der Waals surface area contributed by atoms with E-state index in [2.05, 4.69) is 15.9 Å². The summed E-state index contributed by atoms with van der Waals surface area (Å²) in [5.74, 6) is -0.0329. The molecule has 1 rings (SSSR count). The van der Waals surface area contributed by atoms with Gasteiger partial charge in [0, 0.05) is 4.47 Å². The Hall–Kier alpha value is -1.34. The van der Waals surface area contributed by atoms with Crippen LogP contribution in [0.25, 0.3) is 0 Å². The minimum absolute atomic E-state index is 0.0329. The van der Waals surface area contributed by atoms with Gasteiger partial charge in [0.15, 0.2) is 6.19 Å². The molecule has 0 atom stereocenters. The molecule has 0 aliphatic carbocycles. The second-order valence-electron chi connectivity index (χ2n) is 2.86. The van der Waals surface area contributed by atoms with E-state index in [1.807, 2.05) is 18.3 Å². The molecule has 0 N–H and O–H groups in total. The number of nitrogens with zero attached hydrogens (tertiary/aromatic N) is 2. The van der Waals surface area contributed by atoms with E-state index in [1.165, 1.54) is 11.8 Å². The zero-order valence-electron chi connectivity index (χ0n) is 7.70. The van der Waals surface area contributed by atoms with E-state index in [0.717, 1.165) is 10.2 Å². The van der Waals surface area contributed by atoms with Crippen LogP contribution in [0.3, 0.4) is 0 Å². The van der Waals surface area contributed by atoms with Gasteiger partial charge >= 0.3 is 0 Å². The zero-order chi connectivity index (χ0) is 10.6. The molecule has 72 valence electrons. The molecule has 1 aromatic rings. The van der Waals surface area contributed by atoms with Crippen molar-refractivity contribution in [1.82, 2.24) is 0 Å². The quantitative estimate of drug-likeness (QED) is 0.613. The van der Waals surface area contributed by atoms with Crippen molar-refractivity contribution in [3.63, 3.8) is 0 Å². The number of halogens is 1. The molecule has 0 aromatic heterocycles. The van der Waals surface area contributed by atoms with Gasteiger partial charge in [-0.15, -0.1) is 0 Å². The number of nitriles is 1. The van der Waals surface area contributed by atoms with E-state index in [0.29, 0.717) is 0 Å². The number of benzene rings is 1. The summed E-state index contributed by atoms with van der Waals surface area (Å²) in [5, 5.41) is 8.81. The molecular formula is C10H9BrN2O. The molecule has 0 bridgehead atoms. The summed E-state index contributed by atoms with van der Waals surface area (Å²) >= 11 is 3.30. The first-order valence-electron chi connectivity index (χ1n) is 4.06. The third kappa shape index (κ3) is 2.86. The highest BCUT2D eigenvalue weighted by atomic mass is 79.9. The predicted molar refractivity (Wildman–Crippen MR) is 57.8 cm³/mol. The molecule has 0 aliphatic heterocycles. The van der Waals surface area contributed by atoms with E-state index in [1.54, 1.807) is 12.1 Å². The minimum Gasteiger partial charge on any atom is -0.298 e. The summed E-state index contributed by atoms with van der Waals surface area (Å²) in [7, 11) is 0. The van der Waals surface area contributed by atoms with Crippen LogP contribution in [0.15, 0.2) is 28.7 Å². The molecule has 0 amide bonds. The van der Waals surface area contributed by atoms with Gasteiger partial charge in [-0.1, -0.05) is 15.9 Å². The molecule has 3 nitrogen and oxygen atoms in total. The molecule has 0 heterocycles. The van der Waals surface area contributed by atoms with Gasteiger partial charge in [0.05, 0.1) is 12.2 Å². The molecule has 0 fully saturated rings. The Labute approximate surface area is 91.1 Å². The van der Waals surface area contributed by atoms with Crippen molar-refractivity contribution in [3.8, 4) is 6.19 Å². The highest BCUT2D eigenvalue weighted by Gasteiger charge is 2.06. The summed E-state index contributed by atoms with van der Waals surface area (Å²) in [6.45, 7) is 1.58. The van der Waals surface area contributed by atoms with Crippen molar-refractivity contribution >= 4 is 27.4 Å². The summed E-state index contributed by atoms with van der Waals surface area (Å²) in [6.07, 6.45) is 1.97. The Kier molecular flexibility index (Phi) is 3.66. The Morgan fingerprint density at radius 2 is 2.07 bits per heavy atom. The van der Waals surface area contributed by atoms with Crippen molar-refractivity contribution < 1.29 is 4.79 Å². The second-order valence-corrected chi connectivity index (χ2v) is 3.78. The number of Topliss-reactive ketones (excluding diaryl/α,β-unsaturated/α-hetero) is 1. The number of hydrogen-bond acceptors (Lipinski definition) is 3. The Bertz CT molecular complexity index is 367. The van der Waals surface area contributed by atoms with Crippen LogP contribution in [0.5, 0.6) is 0 Å². The van der Waals surface area contributed by atoms with Gasteiger partial charge in [-0.25, -0.2) is 0 Å². The van der Waals surface area contributed by atoms with E-state index in [9.17, 15) is 4.79 Å². The minimum atomic E-state index is -0.0329. The molecular weight excluding hydrogens is 244 g/mol. The van der Waals surface area contributed by atoms with Crippen LogP contribution in [-0.2, 0) is 4.79 Å². The molecule has 4 heteroatoms. The largest absolute Gasteiger partial charge is 0.298 e. The lowest BCUT2D eigenvalue weighted by molar-refractivity contribution is -0.115. The van der Waals surface area contributed by atoms with Crippen LogP contribution in [0.2, 0.25) is 0 Å². The number of carbonyl (C=O) groups is 1. The highest BCUT2D eigenvalue weighted by Crippen LogP contribution is 2.17. The summed E-state index contributed by atoms with van der Waals surface area (Å²) in [5.41, 5.74) is 0.728. The van der Waals surface area contributed by atoms with Crippen LogP contribution in [0.4, 0.5) is 5.69 Å². The van der Waals surface area contributed by atoms with Gasteiger partial charge in [-0.05, 0) is 31.2 Å². The summed E-state index contributed by atoms with van der Waals surface area (Å²) in [6, 6.07) is 7.24. The predicted octanol–water partition coefficient (Wildman–Crippen LogP) is 2.33. The van der Waals surface area contributed by atoms with E-state index >= 15 is 0 Å². The van der Waals surface area contributed by atoms with Crippen molar-refractivity contribution in [2.24, 2.45) is 0 Å². The SMILES string of the molecule is CC(=O)CN(C#N)c1ccc(Br)cc1. The Balaban J connectivity index is 2.85. The fraction of sp³-hybridized carbons (Fsp3) is 0.200. The molecule has 0 spiro atoms. The Morgan fingerprint density at radius 3 is 2.50 bits per heavy atom. The van der Waals surface area contributed by atoms with Crippen molar-refractivity contribution in [3.05, 3.63) is 28.7 Å². The van der Waals surface area contributed by atoms with Crippen LogP contribution in [-0.4, -0.2) is 12.3 Å². The standard InChI is InChI=1S/C10H9BrN2O/c1-8(14)6-13(7-12)10-4-2-9(11)3-5-10/h2-5H,6H2,1H3. The first kappa shape index (κ1) is 10.7. The number of rotatable bonds is 3. The topological polar surface area (TPSA) is 44.1 Å². The van der Waals surface area contributed by atoms with Crippen molar-refractivity contribution in [1.29, 1.82) is 5.26 Å². The van der Waals surface area contributed by atoms with Crippen LogP contribution < -0.4 is 4.90 Å². The van der Waals surface area contributed by atoms with Gasteiger partial charge in [0.2, 0.25) is 0 Å². The fourth-order valence-corrected chi connectivity index (χ4v) is 1.29. The molecule has 0 unspecified atom stereocenters. The fourth-order valence-electron chi connectivity index (χ4n) is 1.03. The molecule has 0 aliphatic rings. The van der Waals surface area contributed by atoms with Gasteiger partial charge in [0.1, 0.15) is 5.78 Å². The third-order valence-corrected chi connectivity index (χ3v) is 2.17. The number of ketones is 1. The maximum absolute atomic E-state index is 10.9. The first-order chi connectivity index (χ1) is 6.63. The van der Waals surface area contributed by atoms with Crippen LogP contribution in [0.1, 0.15) is 6.92 Å². The van der Waals surface area contributed by atoms with Gasteiger partial charge in [0.25, 0.3) is 0 Å². The van der Waals surface area contributed by atoms with Crippen molar-refractivity contribution in [2.75, 3.05) is 11.4 Å². The third-order valence-electron chi connectivity index (χ3n) is 1.64. The average molecular weight is 253 g/mol. The molecule has 14 heavy (non-hydrogen) atoms. The normalized spacial score (nSPS) is 9.21. The van der Waals surface area contributed by atoms with E-state index in [4.69, 9.17) is 5.26 Å².